The van der Waals surface area contributed by atoms with Crippen LogP contribution in [0.15, 0.2) is 30.0 Å². The van der Waals surface area contributed by atoms with Crippen LogP contribution in [-0.4, -0.2) is 5.97 Å². The lowest BCUT2D eigenvalue weighted by Gasteiger charge is -1.96. The fourth-order valence-electron chi connectivity index (χ4n) is 0.218. The summed E-state index contributed by atoms with van der Waals surface area (Å²) < 4.78 is 12.2. The molecule has 0 fully saturated rings. The topological polar surface area (TPSA) is 50.4 Å². The fraction of sp³-hybridized carbons (Fsp3) is 0. The molecule has 0 aliphatic rings. The molecular formula is C5H8FN3. The molecule has 0 aromatic heterocycles. The standard InChI is InChI=1S/C5H8FN3/c1-3-8-5(6)4(2)9-7/h3,9H,1-2,7H2. The smallest absolute Gasteiger partial charge is 0.236 e. The summed E-state index contributed by atoms with van der Waals surface area (Å²) in [6, 6.07) is 0. The van der Waals surface area contributed by atoms with Crippen molar-refractivity contribution in [2.24, 2.45) is 10.8 Å². The van der Waals surface area contributed by atoms with E-state index in [-0.39, 0.29) is 5.70 Å². The highest BCUT2D eigenvalue weighted by Gasteiger charge is 1.96. The van der Waals surface area contributed by atoms with Crippen molar-refractivity contribution in [2.45, 2.75) is 0 Å². The van der Waals surface area contributed by atoms with Crippen LogP contribution in [0.1, 0.15) is 0 Å². The van der Waals surface area contributed by atoms with Gasteiger partial charge in [0.25, 0.3) is 0 Å². The predicted octanol–water partition coefficient (Wildman–Crippen LogP) is 0.475. The van der Waals surface area contributed by atoms with E-state index in [0.29, 0.717) is 0 Å². The first-order chi connectivity index (χ1) is 4.22. The summed E-state index contributed by atoms with van der Waals surface area (Å²) in [4.78, 5) is 3.17. The third-order valence-corrected chi connectivity index (χ3v) is 0.628. The van der Waals surface area contributed by atoms with Crippen molar-refractivity contribution >= 4 is 5.97 Å². The van der Waals surface area contributed by atoms with Gasteiger partial charge in [-0.25, -0.2) is 4.99 Å². The van der Waals surface area contributed by atoms with Gasteiger partial charge in [0.1, 0.15) is 0 Å². The lowest BCUT2D eigenvalue weighted by atomic mass is 10.5. The van der Waals surface area contributed by atoms with Crippen LogP contribution in [0.25, 0.3) is 0 Å². The van der Waals surface area contributed by atoms with E-state index >= 15 is 0 Å². The average molecular weight is 129 g/mol. The second-order valence-electron chi connectivity index (χ2n) is 1.23. The number of hydrogen-bond donors (Lipinski definition) is 2. The van der Waals surface area contributed by atoms with Gasteiger partial charge < -0.3 is 5.43 Å². The quantitative estimate of drug-likeness (QED) is 0.330. The summed E-state index contributed by atoms with van der Waals surface area (Å²) in [5, 5.41) is 0. The molecule has 4 heteroatoms. The maximum atomic E-state index is 12.2. The van der Waals surface area contributed by atoms with Crippen molar-refractivity contribution in [3.05, 3.63) is 25.1 Å². The molecule has 0 radical (unpaired) electrons. The lowest BCUT2D eigenvalue weighted by molar-refractivity contribution is 0.774. The first kappa shape index (κ1) is 7.84. The summed E-state index contributed by atoms with van der Waals surface area (Å²) in [5.74, 6) is 4.04. The SMILES string of the molecule is C=CN=C(F)C(=C)NN. The van der Waals surface area contributed by atoms with Gasteiger partial charge in [0.2, 0.25) is 5.97 Å². The molecule has 0 aliphatic carbocycles. The Morgan fingerprint density at radius 1 is 1.78 bits per heavy atom. The number of nitrogens with two attached hydrogens (primary N) is 1. The van der Waals surface area contributed by atoms with Gasteiger partial charge in [-0.2, -0.15) is 4.39 Å². The molecule has 0 amide bonds. The highest BCUT2D eigenvalue weighted by molar-refractivity contribution is 5.91. The van der Waals surface area contributed by atoms with Crippen molar-refractivity contribution < 1.29 is 4.39 Å². The maximum absolute atomic E-state index is 12.2. The third-order valence-electron chi connectivity index (χ3n) is 0.628. The molecular weight excluding hydrogens is 121 g/mol. The summed E-state index contributed by atoms with van der Waals surface area (Å²) in [5.41, 5.74) is 1.94. The Morgan fingerprint density at radius 3 is 2.67 bits per heavy atom. The van der Waals surface area contributed by atoms with Crippen LogP contribution in [0, 0.1) is 0 Å². The van der Waals surface area contributed by atoms with E-state index in [4.69, 9.17) is 5.84 Å². The van der Waals surface area contributed by atoms with Gasteiger partial charge in [0, 0.05) is 6.20 Å². The first-order valence-corrected chi connectivity index (χ1v) is 2.22. The Morgan fingerprint density at radius 2 is 2.33 bits per heavy atom. The number of hydrazine groups is 1. The summed E-state index contributed by atoms with van der Waals surface area (Å²) in [7, 11) is 0. The molecule has 0 bridgehead atoms. The highest BCUT2D eigenvalue weighted by atomic mass is 19.1. The Balaban J connectivity index is 4.01. The molecule has 50 valence electrons. The minimum absolute atomic E-state index is 0.0603. The molecule has 0 heterocycles. The molecule has 0 rings (SSSR count). The van der Waals surface area contributed by atoms with Crippen LogP contribution >= 0.6 is 0 Å². The largest absolute Gasteiger partial charge is 0.321 e. The molecule has 0 spiro atoms. The molecule has 0 unspecified atom stereocenters. The lowest BCUT2D eigenvalue weighted by Crippen LogP contribution is -2.23. The van der Waals surface area contributed by atoms with Gasteiger partial charge in [-0.05, 0) is 0 Å². The number of rotatable bonds is 3. The van der Waals surface area contributed by atoms with Crippen LogP contribution in [0.3, 0.4) is 0 Å². The van der Waals surface area contributed by atoms with E-state index in [1.54, 1.807) is 0 Å². The second-order valence-corrected chi connectivity index (χ2v) is 1.23. The molecule has 0 saturated carbocycles. The van der Waals surface area contributed by atoms with Crippen LogP contribution in [0.5, 0.6) is 0 Å². The van der Waals surface area contributed by atoms with E-state index in [0.717, 1.165) is 6.20 Å². The van der Waals surface area contributed by atoms with E-state index in [1.165, 1.54) is 0 Å². The van der Waals surface area contributed by atoms with E-state index in [1.807, 2.05) is 5.43 Å². The van der Waals surface area contributed by atoms with Gasteiger partial charge in [-0.15, -0.1) is 0 Å². The van der Waals surface area contributed by atoms with Crippen molar-refractivity contribution in [3.8, 4) is 0 Å². The van der Waals surface area contributed by atoms with Gasteiger partial charge in [0.05, 0.1) is 5.70 Å². The Labute approximate surface area is 52.7 Å². The molecule has 9 heavy (non-hydrogen) atoms. The number of nitrogens with one attached hydrogen (secondary N) is 1. The zero-order chi connectivity index (χ0) is 7.28. The Bertz CT molecular complexity index is 150. The zero-order valence-corrected chi connectivity index (χ0v) is 4.89. The molecule has 0 aliphatic heterocycles. The summed E-state index contributed by atoms with van der Waals surface area (Å²) >= 11 is 0. The van der Waals surface area contributed by atoms with Crippen molar-refractivity contribution in [1.82, 2.24) is 5.43 Å². The second kappa shape index (κ2) is 3.80. The van der Waals surface area contributed by atoms with Gasteiger partial charge >= 0.3 is 0 Å². The molecule has 0 aromatic carbocycles. The Hall–Kier alpha value is -1.16. The minimum atomic E-state index is -0.757. The molecule has 0 atom stereocenters. The third kappa shape index (κ3) is 2.61. The van der Waals surface area contributed by atoms with E-state index in [9.17, 15) is 4.39 Å². The van der Waals surface area contributed by atoms with Crippen molar-refractivity contribution in [3.63, 3.8) is 0 Å². The Kier molecular flexibility index (Phi) is 3.31. The van der Waals surface area contributed by atoms with Crippen molar-refractivity contribution in [1.29, 1.82) is 0 Å². The number of hydrogen-bond acceptors (Lipinski definition) is 3. The van der Waals surface area contributed by atoms with Crippen LogP contribution in [0.4, 0.5) is 4.39 Å². The monoisotopic (exact) mass is 129 g/mol. The highest BCUT2D eigenvalue weighted by Crippen LogP contribution is 1.89. The maximum Gasteiger partial charge on any atom is 0.236 e. The summed E-state index contributed by atoms with van der Waals surface area (Å²) in [6.07, 6.45) is 1.07. The van der Waals surface area contributed by atoms with Crippen LogP contribution < -0.4 is 11.3 Å². The summed E-state index contributed by atoms with van der Waals surface area (Å²) in [6.45, 7) is 6.38. The van der Waals surface area contributed by atoms with Crippen LogP contribution in [-0.2, 0) is 0 Å². The number of allylic oxidation sites excluding steroid dienone is 1. The van der Waals surface area contributed by atoms with Crippen molar-refractivity contribution in [2.75, 3.05) is 0 Å². The average Bonchev–Trinajstić information content (AvgIpc) is 1.87. The van der Waals surface area contributed by atoms with Gasteiger partial charge in [0.15, 0.2) is 0 Å². The molecule has 3 N–H and O–H groups in total. The molecule has 3 nitrogen and oxygen atoms in total. The fourth-order valence-corrected chi connectivity index (χ4v) is 0.218. The molecule has 0 saturated heterocycles. The van der Waals surface area contributed by atoms with E-state index in [2.05, 4.69) is 18.2 Å². The van der Waals surface area contributed by atoms with Crippen LogP contribution in [0.2, 0.25) is 0 Å². The first-order valence-electron chi connectivity index (χ1n) is 2.22. The van der Waals surface area contributed by atoms with Gasteiger partial charge in [-0.1, -0.05) is 13.2 Å². The normalized spacial score (nSPS) is 10.7. The number of nitrogens with zero attached hydrogens (tertiary/aromatic N) is 1. The van der Waals surface area contributed by atoms with Gasteiger partial charge in [-0.3, -0.25) is 5.84 Å². The number of halogens is 1. The predicted molar refractivity (Wildman–Crippen MR) is 35.2 cm³/mol. The zero-order valence-electron chi connectivity index (χ0n) is 4.89. The number of aliphatic imine (C=N–C) groups is 1. The van der Waals surface area contributed by atoms with E-state index < -0.39 is 5.97 Å². The minimum Gasteiger partial charge on any atom is -0.321 e. The molecule has 0 aromatic rings.